The normalized spacial score (nSPS) is 15.0. The third-order valence-electron chi connectivity index (χ3n) is 7.57. The number of nitrogens with one attached hydrogen (secondary N) is 2. The molecule has 7 heteroatoms. The van der Waals surface area contributed by atoms with E-state index in [2.05, 4.69) is 40.9 Å². The molecule has 1 saturated carbocycles. The second kappa shape index (κ2) is 21.3. The van der Waals surface area contributed by atoms with Crippen molar-refractivity contribution < 1.29 is 4.79 Å². The first-order chi connectivity index (χ1) is 22.0. The molecule has 0 unspecified atom stereocenters. The highest BCUT2D eigenvalue weighted by atomic mass is 16.1. The molecule has 2 aromatic rings. The number of allylic oxidation sites excluding steroid dienone is 5. The van der Waals surface area contributed by atoms with Gasteiger partial charge >= 0.3 is 0 Å². The summed E-state index contributed by atoms with van der Waals surface area (Å²) in [5, 5.41) is 13.6. The molecule has 2 aliphatic rings. The first-order valence-corrected chi connectivity index (χ1v) is 16.3. The van der Waals surface area contributed by atoms with Crippen LogP contribution in [0.5, 0.6) is 0 Å². The molecule has 1 heterocycles. The van der Waals surface area contributed by atoms with Crippen LogP contribution < -0.4 is 15.5 Å². The number of hydrazone groups is 1. The van der Waals surface area contributed by atoms with E-state index in [1.807, 2.05) is 100 Å². The molecule has 0 atom stereocenters. The SMILES string of the molecule is C=C/C(C)=C/C.C=C/C=C/CCN(C)/N=C(\c1ccccc1N(C=O)c1ccc(NC2=NCCN2)cc1)C1CCCCC1.CC. The highest BCUT2D eigenvalue weighted by Gasteiger charge is 2.25. The second-order valence-electron chi connectivity index (χ2n) is 10.7. The van der Waals surface area contributed by atoms with E-state index in [1.54, 1.807) is 11.0 Å². The number of guanidine groups is 1. The zero-order chi connectivity index (χ0) is 32.9. The number of rotatable bonds is 12. The lowest BCUT2D eigenvalue weighted by molar-refractivity contribution is -0.106. The molecular weight excluding hydrogens is 556 g/mol. The summed E-state index contributed by atoms with van der Waals surface area (Å²) in [6.45, 7) is 17.8. The van der Waals surface area contributed by atoms with Crippen molar-refractivity contribution >= 4 is 35.1 Å². The summed E-state index contributed by atoms with van der Waals surface area (Å²) in [4.78, 5) is 18.6. The zero-order valence-corrected chi connectivity index (χ0v) is 28.1. The number of amides is 1. The second-order valence-corrected chi connectivity index (χ2v) is 10.7. The molecule has 2 aromatic carbocycles. The average molecular weight is 611 g/mol. The van der Waals surface area contributed by atoms with Gasteiger partial charge in [-0.05, 0) is 63.4 Å². The fourth-order valence-corrected chi connectivity index (χ4v) is 5.02. The Morgan fingerprint density at radius 1 is 1.09 bits per heavy atom. The smallest absolute Gasteiger partial charge is 0.218 e. The van der Waals surface area contributed by atoms with Crippen molar-refractivity contribution in [3.05, 3.63) is 103 Å². The van der Waals surface area contributed by atoms with Crippen LogP contribution in [0.15, 0.2) is 108 Å². The Morgan fingerprint density at radius 3 is 2.38 bits per heavy atom. The summed E-state index contributed by atoms with van der Waals surface area (Å²) in [5.74, 6) is 1.16. The number of anilines is 3. The van der Waals surface area contributed by atoms with Gasteiger partial charge in [-0.25, -0.2) is 0 Å². The van der Waals surface area contributed by atoms with Crippen LogP contribution in [0.2, 0.25) is 0 Å². The highest BCUT2D eigenvalue weighted by molar-refractivity contribution is 6.09. The number of benzene rings is 2. The first-order valence-electron chi connectivity index (χ1n) is 16.3. The lowest BCUT2D eigenvalue weighted by Crippen LogP contribution is -2.27. The van der Waals surface area contributed by atoms with Gasteiger partial charge in [0.1, 0.15) is 0 Å². The number of nitrogens with zero attached hydrogens (tertiary/aromatic N) is 4. The van der Waals surface area contributed by atoms with Gasteiger partial charge in [0.15, 0.2) is 5.96 Å². The van der Waals surface area contributed by atoms with Crippen molar-refractivity contribution in [3.63, 3.8) is 0 Å². The summed E-state index contributed by atoms with van der Waals surface area (Å²) in [7, 11) is 2.03. The molecule has 0 bridgehead atoms. The van der Waals surface area contributed by atoms with Gasteiger partial charge in [0, 0.05) is 43.0 Å². The van der Waals surface area contributed by atoms with Gasteiger partial charge in [0.25, 0.3) is 0 Å². The Morgan fingerprint density at radius 2 is 1.80 bits per heavy atom. The standard InChI is InChI=1S/C30H38N6O.C6H10.C2H6/c1-3-4-5-11-22-35(2)34-29(24-12-7-6-8-13-24)27-14-9-10-15-28(27)36(23-37)26-18-16-25(17-19-26)33-30-31-20-21-32-30;1-4-6(3)5-2;1-2/h3-5,9-10,14-19,23-24H,1,6-8,11-13,20-22H2,2H3,(H2,31,32,33);4-5H,1H2,2-3H3;1-2H3/b5-4+,34-29-;6-5+;. The van der Waals surface area contributed by atoms with Crippen molar-refractivity contribution in [2.45, 2.75) is 66.2 Å². The molecule has 0 spiro atoms. The molecular formula is C38H54N6O. The van der Waals surface area contributed by atoms with E-state index in [9.17, 15) is 4.79 Å². The van der Waals surface area contributed by atoms with Crippen LogP contribution in [-0.2, 0) is 4.79 Å². The van der Waals surface area contributed by atoms with E-state index >= 15 is 0 Å². The van der Waals surface area contributed by atoms with Crippen molar-refractivity contribution in [1.82, 2.24) is 10.3 Å². The summed E-state index contributed by atoms with van der Waals surface area (Å²) < 4.78 is 0. The summed E-state index contributed by atoms with van der Waals surface area (Å²) >= 11 is 0. The largest absolute Gasteiger partial charge is 0.354 e. The summed E-state index contributed by atoms with van der Waals surface area (Å²) in [5.41, 5.74) is 5.90. The van der Waals surface area contributed by atoms with E-state index in [-0.39, 0.29) is 0 Å². The molecule has 242 valence electrons. The van der Waals surface area contributed by atoms with E-state index in [4.69, 9.17) is 5.10 Å². The Bertz CT molecular complexity index is 1300. The molecule has 45 heavy (non-hydrogen) atoms. The van der Waals surface area contributed by atoms with Gasteiger partial charge in [-0.15, -0.1) is 0 Å². The average Bonchev–Trinajstić information content (AvgIpc) is 3.61. The fraction of sp³-hybridized carbons (Fsp3) is 0.395. The molecule has 2 N–H and O–H groups in total. The van der Waals surface area contributed by atoms with Crippen LogP contribution in [0.4, 0.5) is 17.1 Å². The van der Waals surface area contributed by atoms with Crippen molar-refractivity contribution in [2.75, 3.05) is 36.9 Å². The minimum atomic E-state index is 0.376. The quantitative estimate of drug-likeness (QED) is 0.109. The van der Waals surface area contributed by atoms with Gasteiger partial charge in [0.2, 0.25) is 6.41 Å². The third kappa shape index (κ3) is 12.3. The molecule has 4 rings (SSSR count). The maximum Gasteiger partial charge on any atom is 0.218 e. The lowest BCUT2D eigenvalue weighted by Gasteiger charge is -2.28. The molecule has 0 saturated heterocycles. The number of hydrogen-bond donors (Lipinski definition) is 2. The van der Waals surface area contributed by atoms with Crippen LogP contribution in [0.1, 0.15) is 71.8 Å². The Hall–Kier alpha value is -4.39. The van der Waals surface area contributed by atoms with Crippen LogP contribution >= 0.6 is 0 Å². The highest BCUT2D eigenvalue weighted by Crippen LogP contribution is 2.34. The van der Waals surface area contributed by atoms with Crippen molar-refractivity contribution in [3.8, 4) is 0 Å². The molecule has 1 fully saturated rings. The lowest BCUT2D eigenvalue weighted by atomic mass is 9.82. The number of para-hydroxylation sites is 1. The molecule has 0 radical (unpaired) electrons. The number of aliphatic imine (C=N–C) groups is 1. The number of carbonyl (C=O) groups excluding carboxylic acids is 1. The third-order valence-corrected chi connectivity index (χ3v) is 7.57. The van der Waals surface area contributed by atoms with Crippen LogP contribution in [0.3, 0.4) is 0 Å². The van der Waals surface area contributed by atoms with Crippen molar-refractivity contribution in [1.29, 1.82) is 0 Å². The maximum atomic E-state index is 12.5. The van der Waals surface area contributed by atoms with E-state index in [0.717, 1.165) is 79.6 Å². The Kier molecular flexibility index (Phi) is 17.4. The molecule has 1 amide bonds. The Labute approximate surface area is 272 Å². The predicted molar refractivity (Wildman–Crippen MR) is 196 cm³/mol. The van der Waals surface area contributed by atoms with Crippen LogP contribution in [0.25, 0.3) is 0 Å². The maximum absolute atomic E-state index is 12.5. The van der Waals surface area contributed by atoms with E-state index < -0.39 is 0 Å². The van der Waals surface area contributed by atoms with E-state index in [0.29, 0.717) is 5.92 Å². The number of carbonyl (C=O) groups is 1. The van der Waals surface area contributed by atoms with Crippen LogP contribution in [0, 0.1) is 5.92 Å². The van der Waals surface area contributed by atoms with E-state index in [1.165, 1.54) is 24.8 Å². The monoisotopic (exact) mass is 610 g/mol. The molecule has 0 aromatic heterocycles. The predicted octanol–water partition coefficient (Wildman–Crippen LogP) is 8.87. The zero-order valence-electron chi connectivity index (χ0n) is 28.1. The topological polar surface area (TPSA) is 72.3 Å². The van der Waals surface area contributed by atoms with Gasteiger partial charge in [-0.3, -0.25) is 19.7 Å². The van der Waals surface area contributed by atoms with Gasteiger partial charge in [0.05, 0.1) is 17.9 Å². The molecule has 7 nitrogen and oxygen atoms in total. The van der Waals surface area contributed by atoms with Crippen LogP contribution in [-0.4, -0.2) is 49.8 Å². The minimum Gasteiger partial charge on any atom is -0.354 e. The first kappa shape index (κ1) is 36.8. The summed E-state index contributed by atoms with van der Waals surface area (Å²) in [6, 6.07) is 16.0. The van der Waals surface area contributed by atoms with Gasteiger partial charge in [-0.1, -0.05) is 100 Å². The minimum absolute atomic E-state index is 0.376. The van der Waals surface area contributed by atoms with Crippen molar-refractivity contribution in [2.24, 2.45) is 16.0 Å². The number of hydrogen-bond acceptors (Lipinski definition) is 6. The fourth-order valence-electron chi connectivity index (χ4n) is 5.02. The Balaban J connectivity index is 0.000000790. The van der Waals surface area contributed by atoms with Gasteiger partial charge in [-0.2, -0.15) is 5.10 Å². The summed E-state index contributed by atoms with van der Waals surface area (Å²) in [6.07, 6.45) is 17.5. The van der Waals surface area contributed by atoms with Gasteiger partial charge < -0.3 is 10.6 Å². The molecule has 1 aliphatic heterocycles. The molecule has 1 aliphatic carbocycles.